The van der Waals surface area contributed by atoms with Gasteiger partial charge in [-0.25, -0.2) is 0 Å². The molecule has 0 aromatic heterocycles. The molecule has 0 bridgehead atoms. The maximum absolute atomic E-state index is 5.51. The summed E-state index contributed by atoms with van der Waals surface area (Å²) < 4.78 is 20.8. The predicted molar refractivity (Wildman–Crippen MR) is 58.5 cm³/mol. The van der Waals surface area contributed by atoms with E-state index in [4.69, 9.17) is 18.9 Å². The van der Waals surface area contributed by atoms with Gasteiger partial charge in [0.1, 0.15) is 0 Å². The molecule has 84 valence electrons. The van der Waals surface area contributed by atoms with E-state index in [1.807, 2.05) is 0 Å². The second-order valence-electron chi connectivity index (χ2n) is 2.90. The molecular weight excluding hydrogens is 200 g/mol. The largest absolute Gasteiger partial charge is 0.382 e. The minimum absolute atomic E-state index is 0.513. The summed E-state index contributed by atoms with van der Waals surface area (Å²) in [5.74, 6) is 0. The third kappa shape index (κ3) is 6.28. The Morgan fingerprint density at radius 3 is 1.79 bits per heavy atom. The smallest absolute Gasteiger partial charge is 0.159 e. The van der Waals surface area contributed by atoms with Gasteiger partial charge in [0.05, 0.1) is 36.7 Å². The third-order valence-electron chi connectivity index (χ3n) is 1.72. The van der Waals surface area contributed by atoms with Gasteiger partial charge in [-0.05, 0) is 6.08 Å². The molecule has 0 radical (unpaired) electrons. The molecule has 5 heteroatoms. The lowest BCUT2D eigenvalue weighted by atomic mass is 10.6. The first kappa shape index (κ1) is 13.8. The van der Waals surface area contributed by atoms with E-state index in [1.165, 1.54) is 0 Å². The summed E-state index contributed by atoms with van der Waals surface area (Å²) in [5, 5.41) is 0. The second kappa shape index (κ2) is 8.13. The molecule has 0 saturated carbocycles. The third-order valence-corrected chi connectivity index (χ3v) is 2.71. The van der Waals surface area contributed by atoms with Crippen molar-refractivity contribution in [1.29, 1.82) is 0 Å². The first-order valence-corrected chi connectivity index (χ1v) is 5.58. The summed E-state index contributed by atoms with van der Waals surface area (Å²) in [6.07, 6.45) is 1.69. The average Bonchev–Trinajstić information content (AvgIpc) is 2.19. The average molecular weight is 220 g/mol. The molecule has 0 saturated heterocycles. The minimum atomic E-state index is -0.614. The molecular formula is C9H20O4Si. The fraction of sp³-hybridized carbons (Fsp3) is 0.778. The fourth-order valence-electron chi connectivity index (χ4n) is 0.815. The molecule has 0 unspecified atom stereocenters. The fourth-order valence-corrected chi connectivity index (χ4v) is 1.22. The van der Waals surface area contributed by atoms with Crippen LogP contribution in [0, 0.1) is 0 Å². The van der Waals surface area contributed by atoms with Gasteiger partial charge in [0.15, 0.2) is 5.41 Å². The Kier molecular flexibility index (Phi) is 8.02. The quantitative estimate of drug-likeness (QED) is 0.228. The number of hydrogen-bond donors (Lipinski definition) is 0. The summed E-state index contributed by atoms with van der Waals surface area (Å²) in [7, 11) is 4.00. The number of ether oxygens (including phenoxy) is 4. The molecule has 0 aromatic rings. The first-order valence-electron chi connectivity index (χ1n) is 4.58. The van der Waals surface area contributed by atoms with E-state index in [-0.39, 0.29) is 0 Å². The zero-order valence-corrected chi connectivity index (χ0v) is 11.2. The Labute approximate surface area is 88.6 Å². The van der Waals surface area contributed by atoms with E-state index >= 15 is 0 Å². The molecule has 0 atom stereocenters. The van der Waals surface area contributed by atoms with Crippen molar-refractivity contribution in [2.75, 3.05) is 40.6 Å². The highest BCUT2D eigenvalue weighted by Gasteiger charge is 2.20. The van der Waals surface area contributed by atoms with Crippen molar-refractivity contribution in [2.24, 2.45) is 0 Å². The van der Waals surface area contributed by atoms with Crippen LogP contribution in [0.4, 0.5) is 0 Å². The zero-order valence-electron chi connectivity index (χ0n) is 9.25. The molecule has 0 spiro atoms. The number of hydrogen-bond acceptors (Lipinski definition) is 4. The van der Waals surface area contributed by atoms with Gasteiger partial charge >= 0.3 is 0 Å². The maximum atomic E-state index is 5.51. The van der Waals surface area contributed by atoms with Crippen molar-refractivity contribution in [2.45, 2.75) is 5.41 Å². The van der Waals surface area contributed by atoms with Gasteiger partial charge in [-0.2, -0.15) is 0 Å². The highest BCUT2D eigenvalue weighted by molar-refractivity contribution is 6.14. The lowest BCUT2D eigenvalue weighted by Crippen LogP contribution is -2.36. The standard InChI is InChI=1S/C9H20O4Si/c1-4-9(14,12-7-5-10-2)13-8-6-11-3/h4H,1,5-8H2,2-3,14H3. The SMILES string of the molecule is C=CC([SiH3])(OCCOC)OCCOC. The molecule has 0 rings (SSSR count). The van der Waals surface area contributed by atoms with E-state index in [0.29, 0.717) is 26.4 Å². The van der Waals surface area contributed by atoms with Crippen molar-refractivity contribution in [3.8, 4) is 0 Å². The monoisotopic (exact) mass is 220 g/mol. The summed E-state index contributed by atoms with van der Waals surface area (Å²) in [6.45, 7) is 5.84. The molecule has 0 N–H and O–H groups in total. The Morgan fingerprint density at radius 2 is 1.50 bits per heavy atom. The van der Waals surface area contributed by atoms with Gasteiger partial charge in [0, 0.05) is 14.2 Å². The van der Waals surface area contributed by atoms with Crippen LogP contribution in [0.2, 0.25) is 0 Å². The maximum Gasteiger partial charge on any atom is 0.159 e. The summed E-state index contributed by atoms with van der Waals surface area (Å²) in [4.78, 5) is 0. The summed E-state index contributed by atoms with van der Waals surface area (Å²) in [5.41, 5.74) is -0.614. The highest BCUT2D eigenvalue weighted by Crippen LogP contribution is 2.09. The lowest BCUT2D eigenvalue weighted by molar-refractivity contribution is -0.158. The van der Waals surface area contributed by atoms with Gasteiger partial charge < -0.3 is 18.9 Å². The highest BCUT2D eigenvalue weighted by atomic mass is 28.1. The minimum Gasteiger partial charge on any atom is -0.382 e. The Hall–Kier alpha value is -0.203. The second-order valence-corrected chi connectivity index (χ2v) is 4.30. The molecule has 0 fully saturated rings. The van der Waals surface area contributed by atoms with Crippen molar-refractivity contribution in [3.63, 3.8) is 0 Å². The van der Waals surface area contributed by atoms with Crippen LogP contribution in [0.3, 0.4) is 0 Å². The van der Waals surface area contributed by atoms with E-state index in [0.717, 1.165) is 10.2 Å². The Morgan fingerprint density at radius 1 is 1.07 bits per heavy atom. The summed E-state index contributed by atoms with van der Waals surface area (Å²) in [6, 6.07) is 0. The summed E-state index contributed by atoms with van der Waals surface area (Å²) >= 11 is 0. The van der Waals surface area contributed by atoms with Gasteiger partial charge in [-0.15, -0.1) is 0 Å². The van der Waals surface area contributed by atoms with Crippen LogP contribution in [-0.4, -0.2) is 56.3 Å². The van der Waals surface area contributed by atoms with Crippen LogP contribution in [0.1, 0.15) is 0 Å². The molecule has 0 aliphatic rings. The van der Waals surface area contributed by atoms with Crippen LogP contribution < -0.4 is 0 Å². The van der Waals surface area contributed by atoms with Crippen LogP contribution >= 0.6 is 0 Å². The van der Waals surface area contributed by atoms with Crippen LogP contribution in [0.25, 0.3) is 0 Å². The van der Waals surface area contributed by atoms with Crippen molar-refractivity contribution >= 4 is 10.2 Å². The van der Waals surface area contributed by atoms with Gasteiger partial charge in [-0.3, -0.25) is 0 Å². The molecule has 0 aliphatic carbocycles. The molecule has 0 aromatic carbocycles. The van der Waals surface area contributed by atoms with Crippen molar-refractivity contribution in [3.05, 3.63) is 12.7 Å². The van der Waals surface area contributed by atoms with E-state index in [2.05, 4.69) is 6.58 Å². The van der Waals surface area contributed by atoms with Crippen LogP contribution in [0.5, 0.6) is 0 Å². The van der Waals surface area contributed by atoms with E-state index in [9.17, 15) is 0 Å². The van der Waals surface area contributed by atoms with Gasteiger partial charge in [0.2, 0.25) is 0 Å². The zero-order chi connectivity index (χ0) is 10.9. The molecule has 4 nitrogen and oxygen atoms in total. The van der Waals surface area contributed by atoms with Gasteiger partial charge in [-0.1, -0.05) is 6.58 Å². The van der Waals surface area contributed by atoms with Crippen LogP contribution in [0.15, 0.2) is 12.7 Å². The lowest BCUT2D eigenvalue weighted by Gasteiger charge is -2.26. The molecule has 14 heavy (non-hydrogen) atoms. The Bertz CT molecular complexity index is 142. The van der Waals surface area contributed by atoms with Crippen LogP contribution in [-0.2, 0) is 18.9 Å². The normalized spacial score (nSPS) is 11.9. The topological polar surface area (TPSA) is 36.9 Å². The van der Waals surface area contributed by atoms with E-state index in [1.54, 1.807) is 20.3 Å². The first-order chi connectivity index (χ1) is 6.68. The molecule has 0 amide bonds. The van der Waals surface area contributed by atoms with Crippen molar-refractivity contribution < 1.29 is 18.9 Å². The number of methoxy groups -OCH3 is 2. The predicted octanol–water partition coefficient (Wildman–Crippen LogP) is -0.482. The van der Waals surface area contributed by atoms with E-state index < -0.39 is 5.41 Å². The molecule has 0 heterocycles. The Balaban J connectivity index is 3.73. The van der Waals surface area contributed by atoms with Crippen molar-refractivity contribution in [1.82, 2.24) is 0 Å². The van der Waals surface area contributed by atoms with Gasteiger partial charge in [0.25, 0.3) is 0 Å². The number of rotatable bonds is 9. The molecule has 0 aliphatic heterocycles.